The molecule has 0 aliphatic rings. The van der Waals surface area contributed by atoms with Crippen LogP contribution in [0.5, 0.6) is 11.8 Å². The van der Waals surface area contributed by atoms with E-state index >= 15 is 0 Å². The highest BCUT2D eigenvalue weighted by atomic mass is 32.2. The highest BCUT2D eigenvalue weighted by Crippen LogP contribution is 2.50. The van der Waals surface area contributed by atoms with E-state index in [2.05, 4.69) is 14.5 Å². The van der Waals surface area contributed by atoms with Gasteiger partial charge in [-0.25, -0.2) is 0 Å². The molecule has 0 spiro atoms. The average molecular weight is 325 g/mol. The van der Waals surface area contributed by atoms with Crippen LogP contribution in [-0.4, -0.2) is 30.6 Å². The second kappa shape index (κ2) is 5.54. The van der Waals surface area contributed by atoms with Gasteiger partial charge in [0.2, 0.25) is 11.6 Å². The molecule has 0 N–H and O–H groups in total. The zero-order valence-electron chi connectivity index (χ0n) is 9.82. The molecule has 0 unspecified atom stereocenters. The van der Waals surface area contributed by atoms with Gasteiger partial charge in [-0.3, -0.25) is 0 Å². The Morgan fingerprint density at radius 2 is 1.30 bits per heavy atom. The normalized spacial score (nSPS) is 12.4. The lowest BCUT2D eigenvalue weighted by atomic mass is 10.4. The maximum Gasteiger partial charge on any atom is 0.464 e. The van der Waals surface area contributed by atoms with Gasteiger partial charge < -0.3 is 9.47 Å². The lowest BCUT2D eigenvalue weighted by Gasteiger charge is -2.19. The first-order chi connectivity index (χ1) is 9.05. The van der Waals surface area contributed by atoms with Crippen molar-refractivity contribution in [1.82, 2.24) is 4.98 Å². The third-order valence-corrected chi connectivity index (χ3v) is 2.97. The van der Waals surface area contributed by atoms with Crippen LogP contribution in [0.1, 0.15) is 0 Å². The van der Waals surface area contributed by atoms with Crippen LogP contribution >= 0.6 is 11.8 Å². The fourth-order valence-electron chi connectivity index (χ4n) is 1.03. The van der Waals surface area contributed by atoms with Crippen LogP contribution < -0.4 is 9.47 Å². The van der Waals surface area contributed by atoms with Crippen LogP contribution in [-0.2, 0) is 0 Å². The predicted molar refractivity (Wildman–Crippen MR) is 54.1 cm³/mol. The van der Waals surface area contributed by atoms with Crippen molar-refractivity contribution in [3.8, 4) is 11.8 Å². The zero-order valence-corrected chi connectivity index (χ0v) is 10.6. The van der Waals surface area contributed by atoms with E-state index in [1.807, 2.05) is 0 Å². The zero-order chi connectivity index (χ0) is 15.7. The second-order valence-corrected chi connectivity index (χ2v) is 4.33. The van der Waals surface area contributed by atoms with Gasteiger partial charge in [0.05, 0.1) is 19.1 Å². The number of hydrogen-bond donors (Lipinski definition) is 0. The van der Waals surface area contributed by atoms with Gasteiger partial charge in [-0.1, -0.05) is 0 Å². The summed E-state index contributed by atoms with van der Waals surface area (Å²) in [6, 6.07) is 0. The molecule has 1 aromatic heterocycles. The monoisotopic (exact) mass is 325 g/mol. The van der Waals surface area contributed by atoms with Crippen molar-refractivity contribution in [3.05, 3.63) is 11.6 Å². The molecule has 1 heterocycles. The van der Waals surface area contributed by atoms with E-state index in [0.29, 0.717) is 0 Å². The largest absolute Gasteiger partial charge is 0.479 e. The summed E-state index contributed by atoms with van der Waals surface area (Å²) >= 11 is -1.34. The molecule has 0 aromatic carbocycles. The Hall–Kier alpha value is -1.39. The Balaban J connectivity index is 3.38. The molecule has 0 fully saturated rings. The minimum Gasteiger partial charge on any atom is -0.479 e. The fraction of sp³-hybridized carbons (Fsp3) is 0.444. The van der Waals surface area contributed by atoms with Gasteiger partial charge >= 0.3 is 11.4 Å². The maximum atomic E-state index is 13.6. The highest BCUT2D eigenvalue weighted by Gasteiger charge is 2.59. The Bertz CT molecular complexity index is 478. The molecule has 3 nitrogen and oxygen atoms in total. The topological polar surface area (TPSA) is 31.4 Å². The van der Waals surface area contributed by atoms with Crippen molar-refractivity contribution in [2.75, 3.05) is 14.2 Å². The van der Waals surface area contributed by atoms with Crippen molar-refractivity contribution in [3.63, 3.8) is 0 Å². The van der Waals surface area contributed by atoms with Crippen LogP contribution in [0.25, 0.3) is 0 Å². The number of hydrogen-bond acceptors (Lipinski definition) is 4. The first kappa shape index (κ1) is 16.7. The number of alkyl halides is 5. The molecule has 1 rings (SSSR count). The van der Waals surface area contributed by atoms with Gasteiger partial charge in [-0.05, 0) is 11.8 Å². The molecule has 20 heavy (non-hydrogen) atoms. The SMILES string of the molecule is COc1nc(OC)c(F)c(SC(F)(F)C(F)(F)F)c1F. The second-order valence-electron chi connectivity index (χ2n) is 3.20. The lowest BCUT2D eigenvalue weighted by molar-refractivity contribution is -0.237. The molecule has 0 bridgehead atoms. The van der Waals surface area contributed by atoms with Crippen molar-refractivity contribution < 1.29 is 40.2 Å². The quantitative estimate of drug-likeness (QED) is 0.625. The summed E-state index contributed by atoms with van der Waals surface area (Å²) in [7, 11) is 1.75. The Morgan fingerprint density at radius 1 is 0.900 bits per heavy atom. The number of ether oxygens (including phenoxy) is 2. The van der Waals surface area contributed by atoms with Gasteiger partial charge in [-0.15, -0.1) is 0 Å². The minimum atomic E-state index is -5.99. The van der Waals surface area contributed by atoms with Crippen LogP contribution in [0.3, 0.4) is 0 Å². The van der Waals surface area contributed by atoms with Crippen LogP contribution in [0, 0.1) is 11.6 Å². The van der Waals surface area contributed by atoms with Crippen LogP contribution in [0.15, 0.2) is 4.90 Å². The maximum absolute atomic E-state index is 13.6. The van der Waals surface area contributed by atoms with Crippen molar-refractivity contribution >= 4 is 11.8 Å². The minimum absolute atomic E-state index is 0.874. The molecule has 1 aromatic rings. The number of methoxy groups -OCH3 is 2. The van der Waals surface area contributed by atoms with Gasteiger partial charge in [0.25, 0.3) is 11.8 Å². The van der Waals surface area contributed by atoms with Crippen LogP contribution in [0.4, 0.5) is 30.7 Å². The van der Waals surface area contributed by atoms with Crippen molar-refractivity contribution in [2.45, 2.75) is 16.3 Å². The average Bonchev–Trinajstić information content (AvgIpc) is 2.33. The number of pyridine rings is 1. The summed E-state index contributed by atoms with van der Waals surface area (Å²) < 4.78 is 97.6. The van der Waals surface area contributed by atoms with E-state index in [-0.39, 0.29) is 0 Å². The molecular formula is C9H6F7NO2S. The molecule has 0 saturated heterocycles. The number of aromatic nitrogens is 1. The van der Waals surface area contributed by atoms with Crippen molar-refractivity contribution in [2.24, 2.45) is 0 Å². The Labute approximate surface area is 112 Å². The summed E-state index contributed by atoms with van der Waals surface area (Å²) in [5.41, 5.74) is 0. The van der Waals surface area contributed by atoms with E-state index in [9.17, 15) is 30.7 Å². The van der Waals surface area contributed by atoms with Crippen LogP contribution in [0.2, 0.25) is 0 Å². The first-order valence-corrected chi connectivity index (χ1v) is 5.47. The highest BCUT2D eigenvalue weighted by molar-refractivity contribution is 8.00. The Morgan fingerprint density at radius 3 is 1.60 bits per heavy atom. The molecule has 0 atom stereocenters. The predicted octanol–water partition coefficient (Wildman–Crippen LogP) is 3.62. The summed E-state index contributed by atoms with van der Waals surface area (Å²) in [4.78, 5) is 1.53. The third kappa shape index (κ3) is 3.02. The lowest BCUT2D eigenvalue weighted by Crippen LogP contribution is -2.33. The first-order valence-electron chi connectivity index (χ1n) is 4.65. The number of rotatable bonds is 4. The van der Waals surface area contributed by atoms with Gasteiger partial charge in [0, 0.05) is 0 Å². The molecule has 0 saturated carbocycles. The molecule has 114 valence electrons. The molecule has 0 amide bonds. The molecule has 0 radical (unpaired) electrons. The van der Waals surface area contributed by atoms with E-state index < -0.39 is 51.5 Å². The van der Waals surface area contributed by atoms with Crippen molar-refractivity contribution in [1.29, 1.82) is 0 Å². The number of nitrogens with zero attached hydrogens (tertiary/aromatic N) is 1. The van der Waals surface area contributed by atoms with E-state index in [1.165, 1.54) is 0 Å². The molecule has 0 aliphatic carbocycles. The van der Waals surface area contributed by atoms with E-state index in [0.717, 1.165) is 14.2 Å². The van der Waals surface area contributed by atoms with Gasteiger partial charge in [0.15, 0.2) is 0 Å². The fourth-order valence-corrected chi connectivity index (χ4v) is 1.75. The Kier molecular flexibility index (Phi) is 4.62. The standard InChI is InChI=1S/C9H6F7NO2S/c1-18-6-3(10)5(4(11)7(17-6)19-2)20-9(15,16)8(12,13)14/h1-2H3. The summed E-state index contributed by atoms with van der Waals surface area (Å²) in [5, 5.41) is -5.40. The van der Waals surface area contributed by atoms with E-state index in [4.69, 9.17) is 0 Å². The number of halogens is 7. The molecule has 11 heteroatoms. The summed E-state index contributed by atoms with van der Waals surface area (Å²) in [6.45, 7) is 0. The van der Waals surface area contributed by atoms with Gasteiger partial charge in [0.1, 0.15) is 0 Å². The third-order valence-electron chi connectivity index (χ3n) is 1.92. The molecular weight excluding hydrogens is 319 g/mol. The molecule has 0 aliphatic heterocycles. The summed E-state index contributed by atoms with van der Waals surface area (Å²) in [6.07, 6.45) is -5.99. The smallest absolute Gasteiger partial charge is 0.464 e. The number of thioether (sulfide) groups is 1. The van der Waals surface area contributed by atoms with E-state index in [1.54, 1.807) is 0 Å². The van der Waals surface area contributed by atoms with Gasteiger partial charge in [-0.2, -0.15) is 35.7 Å². The summed E-state index contributed by atoms with van der Waals surface area (Å²) in [5.74, 6) is -5.49.